The minimum atomic E-state index is -0.544. The topological polar surface area (TPSA) is 49.3 Å². The fourth-order valence-electron chi connectivity index (χ4n) is 1.28. The molecule has 3 heteroatoms. The van der Waals surface area contributed by atoms with Crippen molar-refractivity contribution in [1.82, 2.24) is 5.32 Å². The molecule has 1 amide bonds. The molecule has 3 nitrogen and oxygen atoms in total. The van der Waals surface area contributed by atoms with Gasteiger partial charge in [0.1, 0.15) is 0 Å². The fraction of sp³-hybridized carbons (Fsp3) is 0.643. The van der Waals surface area contributed by atoms with Crippen LogP contribution in [-0.2, 0) is 4.79 Å². The predicted octanol–water partition coefficient (Wildman–Crippen LogP) is 2.42. The van der Waals surface area contributed by atoms with Crippen LogP contribution in [0.2, 0.25) is 0 Å². The van der Waals surface area contributed by atoms with Gasteiger partial charge in [-0.2, -0.15) is 0 Å². The molecule has 0 spiro atoms. The van der Waals surface area contributed by atoms with Crippen LogP contribution in [0.1, 0.15) is 40.0 Å². The number of amides is 1. The molecule has 0 aliphatic heterocycles. The molecule has 2 N–H and O–H groups in total. The van der Waals surface area contributed by atoms with Gasteiger partial charge in [0, 0.05) is 6.54 Å². The molecule has 0 aromatic rings. The van der Waals surface area contributed by atoms with Gasteiger partial charge in [-0.05, 0) is 25.7 Å². The summed E-state index contributed by atoms with van der Waals surface area (Å²) in [5, 5.41) is 12.4. The van der Waals surface area contributed by atoms with Crippen LogP contribution < -0.4 is 5.32 Å². The van der Waals surface area contributed by atoms with Crippen LogP contribution in [0.25, 0.3) is 0 Å². The number of aliphatic hydroxyl groups excluding tert-OH is 1. The van der Waals surface area contributed by atoms with Crippen LogP contribution in [0.3, 0.4) is 0 Å². The number of carbonyl (C=O) groups is 1. The summed E-state index contributed by atoms with van der Waals surface area (Å²) in [7, 11) is 0. The summed E-state index contributed by atoms with van der Waals surface area (Å²) in [5.74, 6) is 0.378. The number of aliphatic hydroxyl groups is 1. The van der Waals surface area contributed by atoms with Crippen LogP contribution >= 0.6 is 0 Å². The van der Waals surface area contributed by atoms with E-state index in [0.29, 0.717) is 18.9 Å². The first-order valence-electron chi connectivity index (χ1n) is 6.28. The molecule has 0 bridgehead atoms. The largest absolute Gasteiger partial charge is 0.393 e. The second-order valence-electron chi connectivity index (χ2n) is 4.59. The van der Waals surface area contributed by atoms with Gasteiger partial charge in [0.15, 0.2) is 0 Å². The molecule has 98 valence electrons. The zero-order valence-corrected chi connectivity index (χ0v) is 11.1. The smallest absolute Gasteiger partial charge is 0.222 e. The van der Waals surface area contributed by atoms with Gasteiger partial charge in [-0.25, -0.2) is 0 Å². The number of allylic oxidation sites excluding steroid dienone is 4. The Morgan fingerprint density at radius 3 is 2.65 bits per heavy atom. The summed E-state index contributed by atoms with van der Waals surface area (Å²) in [4.78, 5) is 11.4. The van der Waals surface area contributed by atoms with Crippen molar-refractivity contribution in [2.45, 2.75) is 46.1 Å². The molecule has 0 aromatic heterocycles. The Morgan fingerprint density at radius 1 is 1.35 bits per heavy atom. The summed E-state index contributed by atoms with van der Waals surface area (Å²) in [6, 6.07) is 0. The Hall–Kier alpha value is -1.09. The van der Waals surface area contributed by atoms with Gasteiger partial charge < -0.3 is 10.4 Å². The van der Waals surface area contributed by atoms with E-state index in [1.165, 1.54) is 0 Å². The number of hydrogen-bond acceptors (Lipinski definition) is 2. The minimum Gasteiger partial charge on any atom is -0.393 e. The Kier molecular flexibility index (Phi) is 9.44. The van der Waals surface area contributed by atoms with Crippen molar-refractivity contribution in [3.8, 4) is 0 Å². The van der Waals surface area contributed by atoms with Crippen molar-refractivity contribution in [3.63, 3.8) is 0 Å². The second-order valence-corrected chi connectivity index (χ2v) is 4.59. The lowest BCUT2D eigenvalue weighted by molar-refractivity contribution is -0.123. The lowest BCUT2D eigenvalue weighted by Gasteiger charge is -2.11. The number of nitrogens with one attached hydrogen (secondary N) is 1. The first kappa shape index (κ1) is 15.9. The lowest BCUT2D eigenvalue weighted by atomic mass is 10.1. The SMILES string of the molecule is C/C=C/C=C\CCC(O)CC(=O)NCC(C)C. The molecule has 0 saturated carbocycles. The predicted molar refractivity (Wildman–Crippen MR) is 71.7 cm³/mol. The van der Waals surface area contributed by atoms with E-state index in [-0.39, 0.29) is 12.3 Å². The van der Waals surface area contributed by atoms with E-state index in [4.69, 9.17) is 0 Å². The van der Waals surface area contributed by atoms with E-state index in [0.717, 1.165) is 6.42 Å². The van der Waals surface area contributed by atoms with Crippen molar-refractivity contribution < 1.29 is 9.90 Å². The minimum absolute atomic E-state index is 0.0661. The van der Waals surface area contributed by atoms with Crippen molar-refractivity contribution in [1.29, 1.82) is 0 Å². The quantitative estimate of drug-likeness (QED) is 0.639. The van der Waals surface area contributed by atoms with Gasteiger partial charge in [-0.15, -0.1) is 0 Å². The highest BCUT2D eigenvalue weighted by molar-refractivity contribution is 5.76. The average Bonchev–Trinajstić information content (AvgIpc) is 2.26. The standard InChI is InChI=1S/C14H25NO2/c1-4-5-6-7-8-9-13(16)10-14(17)15-11-12(2)3/h4-7,12-13,16H,8-11H2,1-3H3,(H,15,17)/b5-4+,7-6-. The molecule has 0 aliphatic carbocycles. The highest BCUT2D eigenvalue weighted by Crippen LogP contribution is 2.03. The second kappa shape index (κ2) is 10.1. The molecule has 0 radical (unpaired) electrons. The summed E-state index contributed by atoms with van der Waals surface area (Å²) >= 11 is 0. The molecular formula is C14H25NO2. The summed E-state index contributed by atoms with van der Waals surface area (Å²) in [6.45, 7) is 6.72. The Bertz CT molecular complexity index is 257. The molecule has 0 rings (SSSR count). The lowest BCUT2D eigenvalue weighted by Crippen LogP contribution is -2.30. The maximum atomic E-state index is 11.4. The Balaban J connectivity index is 3.63. The molecule has 0 aliphatic rings. The van der Waals surface area contributed by atoms with Gasteiger partial charge >= 0.3 is 0 Å². The van der Waals surface area contributed by atoms with Crippen LogP contribution in [0.15, 0.2) is 24.3 Å². The van der Waals surface area contributed by atoms with Gasteiger partial charge in [0.05, 0.1) is 12.5 Å². The normalized spacial score (nSPS) is 13.7. The maximum absolute atomic E-state index is 11.4. The summed E-state index contributed by atoms with van der Waals surface area (Å²) < 4.78 is 0. The van der Waals surface area contributed by atoms with Crippen LogP contribution in [0.5, 0.6) is 0 Å². The fourth-order valence-corrected chi connectivity index (χ4v) is 1.28. The summed E-state index contributed by atoms with van der Waals surface area (Å²) in [5.41, 5.74) is 0. The molecule has 17 heavy (non-hydrogen) atoms. The monoisotopic (exact) mass is 239 g/mol. The molecule has 1 atom stereocenters. The maximum Gasteiger partial charge on any atom is 0.222 e. The van der Waals surface area contributed by atoms with Gasteiger partial charge in [-0.1, -0.05) is 38.2 Å². The van der Waals surface area contributed by atoms with E-state index in [2.05, 4.69) is 5.32 Å². The van der Waals surface area contributed by atoms with E-state index in [1.807, 2.05) is 45.1 Å². The van der Waals surface area contributed by atoms with Crippen LogP contribution in [0.4, 0.5) is 0 Å². The summed E-state index contributed by atoms with van der Waals surface area (Å²) in [6.07, 6.45) is 8.92. The van der Waals surface area contributed by atoms with Gasteiger partial charge in [-0.3, -0.25) is 4.79 Å². The van der Waals surface area contributed by atoms with E-state index >= 15 is 0 Å². The van der Waals surface area contributed by atoms with Gasteiger partial charge in [0.2, 0.25) is 5.91 Å². The van der Waals surface area contributed by atoms with E-state index < -0.39 is 6.10 Å². The molecule has 0 saturated heterocycles. The van der Waals surface area contributed by atoms with E-state index in [1.54, 1.807) is 0 Å². The molecule has 1 unspecified atom stereocenters. The van der Waals surface area contributed by atoms with Crippen LogP contribution in [0, 0.1) is 5.92 Å². The molecule has 0 heterocycles. The molecular weight excluding hydrogens is 214 g/mol. The first-order valence-corrected chi connectivity index (χ1v) is 6.28. The highest BCUT2D eigenvalue weighted by atomic mass is 16.3. The average molecular weight is 239 g/mol. The Labute approximate surface area is 105 Å². The highest BCUT2D eigenvalue weighted by Gasteiger charge is 2.09. The third-order valence-electron chi connectivity index (χ3n) is 2.23. The van der Waals surface area contributed by atoms with Gasteiger partial charge in [0.25, 0.3) is 0 Å². The first-order chi connectivity index (χ1) is 8.06. The van der Waals surface area contributed by atoms with Crippen molar-refractivity contribution in [3.05, 3.63) is 24.3 Å². The number of hydrogen-bond donors (Lipinski definition) is 2. The van der Waals surface area contributed by atoms with Crippen LogP contribution in [-0.4, -0.2) is 23.7 Å². The Morgan fingerprint density at radius 2 is 2.06 bits per heavy atom. The zero-order valence-electron chi connectivity index (χ0n) is 11.1. The third-order valence-corrected chi connectivity index (χ3v) is 2.23. The van der Waals surface area contributed by atoms with Crippen molar-refractivity contribution >= 4 is 5.91 Å². The van der Waals surface area contributed by atoms with Crippen molar-refractivity contribution in [2.75, 3.05) is 6.54 Å². The van der Waals surface area contributed by atoms with E-state index in [9.17, 15) is 9.90 Å². The third kappa shape index (κ3) is 11.2. The molecule has 0 fully saturated rings. The number of carbonyl (C=O) groups excluding carboxylic acids is 1. The number of rotatable bonds is 8. The zero-order chi connectivity index (χ0) is 13.1. The molecule has 0 aromatic carbocycles. The van der Waals surface area contributed by atoms with Crippen molar-refractivity contribution in [2.24, 2.45) is 5.92 Å².